The van der Waals surface area contributed by atoms with Crippen molar-refractivity contribution in [1.82, 2.24) is 5.32 Å². The molecule has 0 aliphatic rings. The van der Waals surface area contributed by atoms with Crippen LogP contribution in [-0.2, 0) is 6.42 Å². The Balaban J connectivity index is 2.87. The minimum absolute atomic E-state index is 0.190. The summed E-state index contributed by atoms with van der Waals surface area (Å²) in [6.45, 7) is 4.05. The predicted molar refractivity (Wildman–Crippen MR) is 64.4 cm³/mol. The third-order valence-electron chi connectivity index (χ3n) is 3.02. The summed E-state index contributed by atoms with van der Waals surface area (Å²) in [5.74, 6) is -0.278. The van der Waals surface area contributed by atoms with E-state index in [0.29, 0.717) is 12.0 Å². The van der Waals surface area contributed by atoms with Crippen LogP contribution in [0.5, 0.6) is 0 Å². The third-order valence-corrected chi connectivity index (χ3v) is 3.02. The molecule has 94 valence electrons. The lowest BCUT2D eigenvalue weighted by Crippen LogP contribution is -2.29. The number of nitrogens with one attached hydrogen (secondary N) is 1. The average molecular weight is 240 g/mol. The first-order valence-electron chi connectivity index (χ1n) is 5.55. The summed E-state index contributed by atoms with van der Waals surface area (Å²) in [6.07, 6.45) is 0.612. The van der Waals surface area contributed by atoms with Crippen LogP contribution in [0.2, 0.25) is 0 Å². The van der Waals surface area contributed by atoms with E-state index in [1.807, 2.05) is 20.9 Å². The van der Waals surface area contributed by atoms with Crippen LogP contribution in [0.4, 0.5) is 10.1 Å². The molecule has 5 heteroatoms. The zero-order valence-corrected chi connectivity index (χ0v) is 10.2. The van der Waals surface area contributed by atoms with Crippen molar-refractivity contribution < 1.29 is 9.31 Å². The maximum Gasteiger partial charge on any atom is 0.272 e. The molecule has 2 unspecified atom stereocenters. The van der Waals surface area contributed by atoms with Gasteiger partial charge >= 0.3 is 0 Å². The van der Waals surface area contributed by atoms with Gasteiger partial charge in [0, 0.05) is 12.1 Å². The van der Waals surface area contributed by atoms with Crippen LogP contribution >= 0.6 is 0 Å². The number of hydrogen-bond donors (Lipinski definition) is 1. The fourth-order valence-electron chi connectivity index (χ4n) is 1.69. The second kappa shape index (κ2) is 5.72. The van der Waals surface area contributed by atoms with E-state index in [-0.39, 0.29) is 17.6 Å². The van der Waals surface area contributed by atoms with Gasteiger partial charge in [-0.1, -0.05) is 6.92 Å². The number of nitro groups is 1. The first-order valence-corrected chi connectivity index (χ1v) is 5.55. The molecule has 0 radical (unpaired) electrons. The standard InChI is InChI=1S/C12H17FN2O2/c1-8(9(2)14-3)4-10-5-11(13)7-12(6-10)15(16)17/h5-9,14H,4H2,1-3H3. The van der Waals surface area contributed by atoms with E-state index in [9.17, 15) is 14.5 Å². The first-order chi connectivity index (χ1) is 7.93. The molecule has 0 aliphatic heterocycles. The Morgan fingerprint density at radius 1 is 1.41 bits per heavy atom. The lowest BCUT2D eigenvalue weighted by Gasteiger charge is -2.19. The second-order valence-corrected chi connectivity index (χ2v) is 4.33. The van der Waals surface area contributed by atoms with Gasteiger partial charge in [-0.05, 0) is 37.9 Å². The lowest BCUT2D eigenvalue weighted by atomic mass is 9.95. The summed E-state index contributed by atoms with van der Waals surface area (Å²) in [5, 5.41) is 13.7. The van der Waals surface area contributed by atoms with E-state index >= 15 is 0 Å². The van der Waals surface area contributed by atoms with Gasteiger partial charge in [-0.25, -0.2) is 4.39 Å². The van der Waals surface area contributed by atoms with Crippen molar-refractivity contribution in [2.45, 2.75) is 26.3 Å². The number of non-ortho nitro benzene ring substituents is 1. The molecule has 0 heterocycles. The summed E-state index contributed by atoms with van der Waals surface area (Å²) in [5.41, 5.74) is 0.468. The average Bonchev–Trinajstić information content (AvgIpc) is 2.26. The molecule has 0 fully saturated rings. The molecule has 0 aromatic heterocycles. The summed E-state index contributed by atoms with van der Waals surface area (Å²) in [6, 6.07) is 4.00. The number of nitro benzene ring substituents is 1. The van der Waals surface area contributed by atoms with Gasteiger partial charge < -0.3 is 5.32 Å². The van der Waals surface area contributed by atoms with E-state index < -0.39 is 10.7 Å². The van der Waals surface area contributed by atoms with Gasteiger partial charge in [0.05, 0.1) is 11.0 Å². The van der Waals surface area contributed by atoms with Crippen molar-refractivity contribution in [2.75, 3.05) is 7.05 Å². The summed E-state index contributed by atoms with van der Waals surface area (Å²) in [4.78, 5) is 10.0. The van der Waals surface area contributed by atoms with E-state index in [2.05, 4.69) is 5.32 Å². The highest BCUT2D eigenvalue weighted by Crippen LogP contribution is 2.19. The molecule has 0 saturated carbocycles. The van der Waals surface area contributed by atoms with E-state index in [1.54, 1.807) is 0 Å². The molecule has 4 nitrogen and oxygen atoms in total. The minimum Gasteiger partial charge on any atom is -0.317 e. The lowest BCUT2D eigenvalue weighted by molar-refractivity contribution is -0.385. The van der Waals surface area contributed by atoms with E-state index in [1.165, 1.54) is 12.1 Å². The molecular weight excluding hydrogens is 223 g/mol. The molecule has 0 aliphatic carbocycles. The fraction of sp³-hybridized carbons (Fsp3) is 0.500. The molecule has 1 aromatic rings. The molecule has 1 aromatic carbocycles. The van der Waals surface area contributed by atoms with Gasteiger partial charge in [0.15, 0.2) is 0 Å². The highest BCUT2D eigenvalue weighted by molar-refractivity contribution is 5.35. The minimum atomic E-state index is -0.571. The van der Waals surface area contributed by atoms with Crippen LogP contribution in [0.3, 0.4) is 0 Å². The largest absolute Gasteiger partial charge is 0.317 e. The smallest absolute Gasteiger partial charge is 0.272 e. The highest BCUT2D eigenvalue weighted by Gasteiger charge is 2.14. The Kier molecular flexibility index (Phi) is 4.57. The second-order valence-electron chi connectivity index (χ2n) is 4.33. The summed E-state index contributed by atoms with van der Waals surface area (Å²) in [7, 11) is 1.86. The van der Waals surface area contributed by atoms with Crippen molar-refractivity contribution in [1.29, 1.82) is 0 Å². The zero-order valence-electron chi connectivity index (χ0n) is 10.2. The summed E-state index contributed by atoms with van der Waals surface area (Å²) < 4.78 is 13.2. The first kappa shape index (κ1) is 13.6. The monoisotopic (exact) mass is 240 g/mol. The topological polar surface area (TPSA) is 55.2 Å². The van der Waals surface area contributed by atoms with E-state index in [0.717, 1.165) is 6.07 Å². The van der Waals surface area contributed by atoms with E-state index in [4.69, 9.17) is 0 Å². The van der Waals surface area contributed by atoms with Crippen molar-refractivity contribution >= 4 is 5.69 Å². The normalized spacial score (nSPS) is 14.4. The maximum absolute atomic E-state index is 13.2. The van der Waals surface area contributed by atoms with Crippen LogP contribution in [0, 0.1) is 21.8 Å². The van der Waals surface area contributed by atoms with Crippen LogP contribution in [0.15, 0.2) is 18.2 Å². The van der Waals surface area contributed by atoms with Gasteiger partial charge in [0.1, 0.15) is 5.82 Å². The molecular formula is C12H17FN2O2. The molecule has 1 rings (SSSR count). The van der Waals surface area contributed by atoms with Gasteiger partial charge in [-0.3, -0.25) is 10.1 Å². The molecule has 0 spiro atoms. The van der Waals surface area contributed by atoms with Gasteiger partial charge in [0.2, 0.25) is 0 Å². The van der Waals surface area contributed by atoms with Crippen molar-refractivity contribution in [3.63, 3.8) is 0 Å². The summed E-state index contributed by atoms with van der Waals surface area (Å²) >= 11 is 0. The Labute approximate surface area is 100.0 Å². The Morgan fingerprint density at radius 2 is 2.06 bits per heavy atom. The number of nitrogens with zero attached hydrogens (tertiary/aromatic N) is 1. The quantitative estimate of drug-likeness (QED) is 0.635. The predicted octanol–water partition coefficient (Wildman–Crippen LogP) is 2.52. The van der Waals surface area contributed by atoms with Crippen molar-refractivity contribution in [3.05, 3.63) is 39.7 Å². The van der Waals surface area contributed by atoms with Gasteiger partial charge in [-0.15, -0.1) is 0 Å². The molecule has 1 N–H and O–H groups in total. The zero-order chi connectivity index (χ0) is 13.0. The number of rotatable bonds is 5. The molecule has 0 saturated heterocycles. The maximum atomic E-state index is 13.2. The Hall–Kier alpha value is -1.49. The molecule has 0 bridgehead atoms. The number of halogens is 1. The number of benzene rings is 1. The fourth-order valence-corrected chi connectivity index (χ4v) is 1.69. The molecule has 0 amide bonds. The van der Waals surface area contributed by atoms with Gasteiger partial charge in [-0.2, -0.15) is 0 Å². The van der Waals surface area contributed by atoms with Gasteiger partial charge in [0.25, 0.3) is 5.69 Å². The van der Waals surface area contributed by atoms with Crippen molar-refractivity contribution in [3.8, 4) is 0 Å². The third kappa shape index (κ3) is 3.78. The number of hydrogen-bond acceptors (Lipinski definition) is 3. The molecule has 2 atom stereocenters. The van der Waals surface area contributed by atoms with Crippen molar-refractivity contribution in [2.24, 2.45) is 5.92 Å². The van der Waals surface area contributed by atoms with Crippen LogP contribution in [0.25, 0.3) is 0 Å². The SMILES string of the molecule is CNC(C)C(C)Cc1cc(F)cc([N+](=O)[O-])c1. The van der Waals surface area contributed by atoms with Crippen LogP contribution < -0.4 is 5.32 Å². The van der Waals surface area contributed by atoms with Crippen LogP contribution in [-0.4, -0.2) is 18.0 Å². The Morgan fingerprint density at radius 3 is 2.59 bits per heavy atom. The molecule has 17 heavy (non-hydrogen) atoms. The Bertz CT molecular complexity index is 409. The van der Waals surface area contributed by atoms with Crippen LogP contribution in [0.1, 0.15) is 19.4 Å². The highest BCUT2D eigenvalue weighted by atomic mass is 19.1.